The average Bonchev–Trinajstić information content (AvgIpc) is 2.72. The van der Waals surface area contributed by atoms with E-state index in [2.05, 4.69) is 9.98 Å². The first-order valence-electron chi connectivity index (χ1n) is 8.32. The number of rotatable bonds is 6. The molecule has 0 aromatic heterocycles. The van der Waals surface area contributed by atoms with Gasteiger partial charge in [0.15, 0.2) is 0 Å². The second-order valence-corrected chi connectivity index (χ2v) is 5.86. The van der Waals surface area contributed by atoms with Gasteiger partial charge >= 0.3 is 0 Å². The molecule has 0 saturated heterocycles. The summed E-state index contributed by atoms with van der Waals surface area (Å²) >= 11 is 0. The number of aliphatic imine (C=N–C) groups is 2. The Labute approximate surface area is 161 Å². The third-order valence-electron chi connectivity index (χ3n) is 3.83. The second-order valence-electron chi connectivity index (χ2n) is 5.86. The normalized spacial score (nSPS) is 11.1. The van der Waals surface area contributed by atoms with Crippen molar-refractivity contribution in [1.82, 2.24) is 0 Å². The lowest BCUT2D eigenvalue weighted by Gasteiger charge is -2.03. The first-order valence-corrected chi connectivity index (χ1v) is 8.32. The second kappa shape index (κ2) is 8.55. The molecule has 6 nitrogen and oxygen atoms in total. The van der Waals surface area contributed by atoms with Crippen LogP contribution in [0.2, 0.25) is 0 Å². The molecule has 0 N–H and O–H groups in total. The van der Waals surface area contributed by atoms with Crippen LogP contribution in [0.5, 0.6) is 0 Å². The molecule has 138 valence electrons. The van der Waals surface area contributed by atoms with Gasteiger partial charge in [0.05, 0.1) is 23.3 Å². The highest BCUT2D eigenvalue weighted by Gasteiger charge is 1.97. The van der Waals surface area contributed by atoms with Crippen molar-refractivity contribution in [3.8, 4) is 0 Å². The maximum absolute atomic E-state index is 10.9. The summed E-state index contributed by atoms with van der Waals surface area (Å²) in [7, 11) is 0. The summed E-state index contributed by atoms with van der Waals surface area (Å²) in [6.07, 6.45) is 3.25. The van der Waals surface area contributed by atoms with Gasteiger partial charge in [0.25, 0.3) is 0 Å². The van der Waals surface area contributed by atoms with Crippen LogP contribution in [0.15, 0.2) is 82.8 Å². The van der Waals surface area contributed by atoms with E-state index >= 15 is 0 Å². The van der Waals surface area contributed by atoms with Crippen molar-refractivity contribution >= 4 is 35.7 Å². The van der Waals surface area contributed by atoms with Gasteiger partial charge in [0, 0.05) is 12.4 Å². The first kappa shape index (κ1) is 18.7. The van der Waals surface area contributed by atoms with E-state index < -0.39 is 11.9 Å². The Morgan fingerprint density at radius 3 is 1.39 bits per heavy atom. The van der Waals surface area contributed by atoms with Crippen LogP contribution < -0.4 is 10.2 Å². The number of benzene rings is 3. The highest BCUT2D eigenvalue weighted by molar-refractivity contribution is 5.89. The lowest BCUT2D eigenvalue weighted by molar-refractivity contribution is -0.256. The molecule has 3 rings (SSSR count). The summed E-state index contributed by atoms with van der Waals surface area (Å²) in [6.45, 7) is 0. The molecule has 0 spiro atoms. The SMILES string of the molecule is O=C([O-])c1cccc(N=Cc2ccc(C=Nc3cccc(C(=O)[O-])c3)cc2)c1. The molecule has 0 unspecified atom stereocenters. The van der Waals surface area contributed by atoms with Gasteiger partial charge in [-0.2, -0.15) is 0 Å². The van der Waals surface area contributed by atoms with Crippen molar-refractivity contribution in [3.05, 3.63) is 95.1 Å². The number of hydrogen-bond donors (Lipinski definition) is 0. The number of carboxylic acids is 2. The molecule has 28 heavy (non-hydrogen) atoms. The maximum Gasteiger partial charge on any atom is 0.0716 e. The predicted molar refractivity (Wildman–Crippen MR) is 102 cm³/mol. The molecule has 3 aromatic carbocycles. The third kappa shape index (κ3) is 4.98. The number of carboxylic acid groups (broad SMARTS) is 2. The first-order chi connectivity index (χ1) is 13.5. The summed E-state index contributed by atoms with van der Waals surface area (Å²) in [4.78, 5) is 30.3. The number of carbonyl (C=O) groups is 2. The van der Waals surface area contributed by atoms with E-state index in [-0.39, 0.29) is 11.1 Å². The van der Waals surface area contributed by atoms with Crippen molar-refractivity contribution in [2.24, 2.45) is 9.98 Å². The zero-order chi connectivity index (χ0) is 19.9. The minimum absolute atomic E-state index is 0.0731. The smallest absolute Gasteiger partial charge is 0.0716 e. The van der Waals surface area contributed by atoms with Crippen molar-refractivity contribution in [1.29, 1.82) is 0 Å². The Hall–Kier alpha value is -4.06. The molecule has 0 fully saturated rings. The number of hydrogen-bond acceptors (Lipinski definition) is 6. The summed E-state index contributed by atoms with van der Waals surface area (Å²) in [5.74, 6) is -2.49. The molecule has 0 heterocycles. The van der Waals surface area contributed by atoms with Gasteiger partial charge in [-0.1, -0.05) is 48.5 Å². The van der Waals surface area contributed by atoms with E-state index in [9.17, 15) is 19.8 Å². The molecule has 0 radical (unpaired) electrons. The Morgan fingerprint density at radius 2 is 1.04 bits per heavy atom. The minimum atomic E-state index is -1.24. The Kier molecular flexibility index (Phi) is 5.72. The fraction of sp³-hybridized carbons (Fsp3) is 0. The number of nitrogens with zero attached hydrogens (tertiary/aromatic N) is 2. The van der Waals surface area contributed by atoms with Gasteiger partial charge in [0.2, 0.25) is 0 Å². The molecular formula is C22H14N2O4-2. The van der Waals surface area contributed by atoms with E-state index in [1.165, 1.54) is 24.3 Å². The van der Waals surface area contributed by atoms with Crippen LogP contribution in [0.25, 0.3) is 0 Å². The zero-order valence-corrected chi connectivity index (χ0v) is 14.6. The van der Waals surface area contributed by atoms with Gasteiger partial charge in [-0.25, -0.2) is 0 Å². The molecule has 0 aliphatic rings. The number of aromatic carboxylic acids is 2. The van der Waals surface area contributed by atoms with Crippen LogP contribution in [0, 0.1) is 0 Å². The van der Waals surface area contributed by atoms with E-state index in [0.29, 0.717) is 11.4 Å². The standard InChI is InChI=1S/C22H16N2O4/c25-21(26)17-3-1-5-19(11-17)23-13-15-7-9-16(10-8-15)14-24-20-6-2-4-18(12-20)22(27)28/h1-14H,(H,25,26)(H,27,28)/p-2. The predicted octanol–water partition coefficient (Wildman–Crippen LogP) is 1.91. The zero-order valence-electron chi connectivity index (χ0n) is 14.6. The molecule has 3 aromatic rings. The highest BCUT2D eigenvalue weighted by atomic mass is 16.4. The van der Waals surface area contributed by atoms with Crippen molar-refractivity contribution in [2.75, 3.05) is 0 Å². The summed E-state index contributed by atoms with van der Waals surface area (Å²) in [5.41, 5.74) is 2.83. The van der Waals surface area contributed by atoms with Crippen molar-refractivity contribution in [3.63, 3.8) is 0 Å². The van der Waals surface area contributed by atoms with Crippen LogP contribution in [0.1, 0.15) is 31.8 Å². The Bertz CT molecular complexity index is 983. The monoisotopic (exact) mass is 370 g/mol. The third-order valence-corrected chi connectivity index (χ3v) is 3.83. The van der Waals surface area contributed by atoms with Crippen LogP contribution in [0.3, 0.4) is 0 Å². The van der Waals surface area contributed by atoms with Crippen LogP contribution in [-0.4, -0.2) is 24.4 Å². The van der Waals surface area contributed by atoms with E-state index in [0.717, 1.165) is 11.1 Å². The molecular weight excluding hydrogens is 356 g/mol. The summed E-state index contributed by atoms with van der Waals surface area (Å²) in [5, 5.41) is 21.7. The van der Waals surface area contributed by atoms with E-state index in [4.69, 9.17) is 0 Å². The van der Waals surface area contributed by atoms with Crippen LogP contribution in [-0.2, 0) is 0 Å². The topological polar surface area (TPSA) is 105 Å². The molecule has 0 aliphatic carbocycles. The lowest BCUT2D eigenvalue weighted by atomic mass is 10.1. The number of carbonyl (C=O) groups excluding carboxylic acids is 2. The molecule has 0 bridgehead atoms. The Balaban J connectivity index is 1.70. The fourth-order valence-electron chi connectivity index (χ4n) is 2.39. The van der Waals surface area contributed by atoms with E-state index in [1.807, 2.05) is 24.3 Å². The molecule has 0 amide bonds. The van der Waals surface area contributed by atoms with Crippen LogP contribution in [0.4, 0.5) is 11.4 Å². The highest BCUT2D eigenvalue weighted by Crippen LogP contribution is 2.15. The summed E-state index contributed by atoms with van der Waals surface area (Å²) < 4.78 is 0. The average molecular weight is 370 g/mol. The maximum atomic E-state index is 10.9. The molecule has 0 saturated carbocycles. The molecule has 0 aliphatic heterocycles. The molecule has 0 atom stereocenters. The largest absolute Gasteiger partial charge is 0.545 e. The van der Waals surface area contributed by atoms with Crippen molar-refractivity contribution < 1.29 is 19.8 Å². The van der Waals surface area contributed by atoms with Gasteiger partial charge in [-0.3, -0.25) is 9.98 Å². The summed E-state index contributed by atoms with van der Waals surface area (Å²) in [6, 6.07) is 19.7. The quantitative estimate of drug-likeness (QED) is 0.618. The minimum Gasteiger partial charge on any atom is -0.545 e. The van der Waals surface area contributed by atoms with Crippen LogP contribution >= 0.6 is 0 Å². The van der Waals surface area contributed by atoms with Gasteiger partial charge in [-0.05, 0) is 46.5 Å². The van der Waals surface area contributed by atoms with Gasteiger partial charge in [0.1, 0.15) is 0 Å². The fourth-order valence-corrected chi connectivity index (χ4v) is 2.39. The van der Waals surface area contributed by atoms with Gasteiger partial charge in [-0.15, -0.1) is 0 Å². The molecule has 6 heteroatoms. The van der Waals surface area contributed by atoms with Crippen molar-refractivity contribution in [2.45, 2.75) is 0 Å². The Morgan fingerprint density at radius 1 is 0.643 bits per heavy atom. The lowest BCUT2D eigenvalue weighted by Crippen LogP contribution is -2.21. The van der Waals surface area contributed by atoms with Gasteiger partial charge < -0.3 is 19.8 Å². The van der Waals surface area contributed by atoms with E-state index in [1.54, 1.807) is 36.7 Å².